The summed E-state index contributed by atoms with van der Waals surface area (Å²) in [6.45, 7) is 0.685. The van der Waals surface area contributed by atoms with Gasteiger partial charge >= 0.3 is 0 Å². The summed E-state index contributed by atoms with van der Waals surface area (Å²) in [6.07, 6.45) is 7.46. The summed E-state index contributed by atoms with van der Waals surface area (Å²) in [6, 6.07) is 8.10. The van der Waals surface area contributed by atoms with Gasteiger partial charge in [0.1, 0.15) is 6.29 Å². The monoisotopic (exact) mass is 483 g/mol. The number of carbonyl (C=O) groups excluding carboxylic acids is 1. The van der Waals surface area contributed by atoms with Crippen molar-refractivity contribution in [1.29, 1.82) is 0 Å². The molecule has 172 valence electrons. The maximum atomic E-state index is 13.8. The zero-order chi connectivity index (χ0) is 22.9. The van der Waals surface area contributed by atoms with E-state index in [2.05, 4.69) is 21.5 Å². The highest BCUT2D eigenvalue weighted by Gasteiger charge is 2.25. The molecule has 0 bridgehead atoms. The van der Waals surface area contributed by atoms with Crippen molar-refractivity contribution in [2.24, 2.45) is 0 Å². The summed E-state index contributed by atoms with van der Waals surface area (Å²) >= 11 is 1.36. The van der Waals surface area contributed by atoms with Gasteiger partial charge in [-0.05, 0) is 104 Å². The van der Waals surface area contributed by atoms with E-state index in [0.29, 0.717) is 23.2 Å². The second-order valence-corrected chi connectivity index (χ2v) is 10.4. The van der Waals surface area contributed by atoms with Crippen molar-refractivity contribution in [2.45, 2.75) is 55.1 Å². The number of anilines is 2. The van der Waals surface area contributed by atoms with Gasteiger partial charge in [-0.3, -0.25) is 4.79 Å². The fourth-order valence-electron chi connectivity index (χ4n) is 4.86. The lowest BCUT2D eigenvalue weighted by Crippen LogP contribution is -2.12. The maximum Gasteiger partial charge on any atom is 0.239 e. The molecule has 2 aliphatic rings. The number of hydrogen-bond acceptors (Lipinski definition) is 7. The summed E-state index contributed by atoms with van der Waals surface area (Å²) in [4.78, 5) is 19.0. The molecule has 0 saturated carbocycles. The first-order valence-corrected chi connectivity index (χ1v) is 12.6. The molecular formula is C24H26FN5OS2. The minimum atomic E-state index is 0.0351. The molecule has 1 aromatic heterocycles. The number of nitrogens with one attached hydrogen (secondary N) is 1. The number of nitrogens with zero attached hydrogens (tertiary/aromatic N) is 4. The lowest BCUT2D eigenvalue weighted by molar-refractivity contribution is 0.112. The highest BCUT2D eigenvalue weighted by molar-refractivity contribution is 7.99. The summed E-state index contributed by atoms with van der Waals surface area (Å²) in [5, 5.41) is 8.20. The molecule has 2 aromatic carbocycles. The van der Waals surface area contributed by atoms with Crippen LogP contribution in [-0.2, 0) is 32.2 Å². The van der Waals surface area contributed by atoms with Crippen molar-refractivity contribution >= 4 is 42.0 Å². The molecule has 0 unspecified atom stereocenters. The number of aldehydes is 1. The number of carbonyl (C=O) groups is 1. The minimum absolute atomic E-state index is 0.0351. The maximum absolute atomic E-state index is 13.8. The zero-order valence-corrected chi connectivity index (χ0v) is 20.4. The lowest BCUT2D eigenvalue weighted by atomic mass is 9.99. The normalized spacial score (nSPS) is 14.5. The van der Waals surface area contributed by atoms with E-state index in [1.165, 1.54) is 38.1 Å². The SMILES string of the molecule is CN(C)Cc1ccc(Sc2nc(Nc3c4c(cc5c3CCC5)CCC4)n(SF)n2)cc1C=O. The quantitative estimate of drug-likeness (QED) is 0.430. The Labute approximate surface area is 201 Å². The Bertz CT molecular complexity index is 1180. The van der Waals surface area contributed by atoms with Gasteiger partial charge in [0, 0.05) is 22.7 Å². The number of halogens is 1. The van der Waals surface area contributed by atoms with Gasteiger partial charge in [-0.15, -0.1) is 13.1 Å². The van der Waals surface area contributed by atoms with Gasteiger partial charge in [-0.2, -0.15) is 4.98 Å². The third-order valence-electron chi connectivity index (χ3n) is 6.27. The first-order chi connectivity index (χ1) is 16.1. The fraction of sp³-hybridized carbons (Fsp3) is 0.375. The number of benzene rings is 2. The van der Waals surface area contributed by atoms with Crippen LogP contribution >= 0.6 is 24.1 Å². The number of rotatable bonds is 8. The van der Waals surface area contributed by atoms with Crippen molar-refractivity contribution in [3.63, 3.8) is 0 Å². The molecular weight excluding hydrogens is 457 g/mol. The number of aromatic nitrogens is 3. The van der Waals surface area contributed by atoms with Crippen LogP contribution in [0.5, 0.6) is 0 Å². The molecule has 3 aromatic rings. The molecule has 0 atom stereocenters. The van der Waals surface area contributed by atoms with Gasteiger partial charge in [0.25, 0.3) is 0 Å². The molecule has 0 amide bonds. The van der Waals surface area contributed by atoms with E-state index in [4.69, 9.17) is 0 Å². The van der Waals surface area contributed by atoms with Crippen LogP contribution in [0.4, 0.5) is 15.5 Å². The van der Waals surface area contributed by atoms with Crippen molar-refractivity contribution < 1.29 is 8.68 Å². The number of fused-ring (bicyclic) bond motifs is 2. The molecule has 1 heterocycles. The van der Waals surface area contributed by atoms with Gasteiger partial charge < -0.3 is 10.2 Å². The van der Waals surface area contributed by atoms with Crippen LogP contribution in [0.2, 0.25) is 0 Å². The van der Waals surface area contributed by atoms with Crippen LogP contribution in [0.3, 0.4) is 0 Å². The lowest BCUT2D eigenvalue weighted by Gasteiger charge is -2.16. The second-order valence-electron chi connectivity index (χ2n) is 8.84. The van der Waals surface area contributed by atoms with Crippen molar-refractivity contribution in [2.75, 3.05) is 19.4 Å². The highest BCUT2D eigenvalue weighted by Crippen LogP contribution is 2.40. The summed E-state index contributed by atoms with van der Waals surface area (Å²) < 4.78 is 15.0. The van der Waals surface area contributed by atoms with Crippen molar-refractivity contribution in [1.82, 2.24) is 19.1 Å². The highest BCUT2D eigenvalue weighted by atomic mass is 32.2. The van der Waals surface area contributed by atoms with E-state index in [1.54, 1.807) is 0 Å². The Morgan fingerprint density at radius 2 is 1.85 bits per heavy atom. The Hall–Kier alpha value is -2.36. The van der Waals surface area contributed by atoms with E-state index in [9.17, 15) is 8.68 Å². The predicted octanol–water partition coefficient (Wildman–Crippen LogP) is 5.41. The third-order valence-corrected chi connectivity index (χ3v) is 7.50. The minimum Gasteiger partial charge on any atom is -0.323 e. The third kappa shape index (κ3) is 4.54. The number of aryl methyl sites for hydroxylation is 2. The smallest absolute Gasteiger partial charge is 0.239 e. The van der Waals surface area contributed by atoms with E-state index in [0.717, 1.165) is 61.0 Å². The van der Waals surface area contributed by atoms with Gasteiger partial charge in [0.15, 0.2) is 12.3 Å². The van der Waals surface area contributed by atoms with Gasteiger partial charge in [0.2, 0.25) is 11.1 Å². The van der Waals surface area contributed by atoms with E-state index < -0.39 is 0 Å². The van der Waals surface area contributed by atoms with Crippen LogP contribution in [-0.4, -0.2) is 39.5 Å². The summed E-state index contributed by atoms with van der Waals surface area (Å²) in [5.74, 6) is 0.388. The van der Waals surface area contributed by atoms with E-state index in [1.807, 2.05) is 37.2 Å². The molecule has 2 aliphatic carbocycles. The van der Waals surface area contributed by atoms with E-state index in [-0.39, 0.29) is 12.3 Å². The van der Waals surface area contributed by atoms with Crippen LogP contribution in [0.1, 0.15) is 51.0 Å². The standard InChI is InChI=1S/C24H26FN5OS2/c1-29(2)13-17-9-10-19(12-18(17)14-31)32-24-27-23(30(28-24)33-25)26-22-20-7-3-5-15(20)11-16-6-4-8-21(16)22/h9-12,14H,3-8,13H2,1-2H3,(H,26,27,28). The molecule has 5 rings (SSSR count). The number of hydrogen-bond donors (Lipinski definition) is 1. The van der Waals surface area contributed by atoms with Crippen molar-refractivity contribution in [3.8, 4) is 0 Å². The largest absolute Gasteiger partial charge is 0.323 e. The fourth-order valence-corrected chi connectivity index (χ4v) is 5.96. The molecule has 0 fully saturated rings. The average molecular weight is 484 g/mol. The first kappa shape index (κ1) is 22.4. The predicted molar refractivity (Wildman–Crippen MR) is 131 cm³/mol. The van der Waals surface area contributed by atoms with Gasteiger partial charge in [0.05, 0.1) is 0 Å². The van der Waals surface area contributed by atoms with Crippen LogP contribution in [0.25, 0.3) is 0 Å². The molecule has 0 radical (unpaired) electrons. The molecule has 1 N–H and O–H groups in total. The van der Waals surface area contributed by atoms with Gasteiger partial charge in [-0.1, -0.05) is 12.1 Å². The molecule has 0 saturated heterocycles. The van der Waals surface area contributed by atoms with E-state index >= 15 is 0 Å². The molecule has 0 spiro atoms. The van der Waals surface area contributed by atoms with Crippen LogP contribution in [0, 0.1) is 0 Å². The zero-order valence-electron chi connectivity index (χ0n) is 18.7. The molecule has 9 heteroatoms. The van der Waals surface area contributed by atoms with Gasteiger partial charge in [-0.25, -0.2) is 0 Å². The summed E-state index contributed by atoms with van der Waals surface area (Å²) in [7, 11) is 3.93. The van der Waals surface area contributed by atoms with Crippen LogP contribution in [0.15, 0.2) is 34.3 Å². The first-order valence-electron chi connectivity index (χ1n) is 11.2. The summed E-state index contributed by atoms with van der Waals surface area (Å²) in [5.41, 5.74) is 8.21. The molecule has 6 nitrogen and oxygen atoms in total. The van der Waals surface area contributed by atoms with Crippen molar-refractivity contribution in [3.05, 3.63) is 57.6 Å². The molecule has 33 heavy (non-hydrogen) atoms. The Balaban J connectivity index is 1.43. The Morgan fingerprint density at radius 1 is 1.12 bits per heavy atom. The second kappa shape index (κ2) is 9.48. The Kier molecular flexibility index (Phi) is 6.44. The average Bonchev–Trinajstić information content (AvgIpc) is 3.53. The Morgan fingerprint density at radius 3 is 2.48 bits per heavy atom. The van der Waals surface area contributed by atoms with Crippen LogP contribution < -0.4 is 5.32 Å². The molecule has 0 aliphatic heterocycles. The topological polar surface area (TPSA) is 63.1 Å².